The molecule has 3 aromatic rings. The monoisotopic (exact) mass is 456 g/mol. The molecular formula is C22H15BrClFN2O. The highest BCUT2D eigenvalue weighted by molar-refractivity contribution is 9.10. The Bertz CT molecular complexity index is 1070. The van der Waals surface area contributed by atoms with Crippen LogP contribution in [0.5, 0.6) is 5.75 Å². The van der Waals surface area contributed by atoms with Crippen LogP contribution in [0.4, 0.5) is 4.39 Å². The van der Waals surface area contributed by atoms with Crippen LogP contribution in [0.3, 0.4) is 0 Å². The second-order valence-electron chi connectivity index (χ2n) is 6.86. The van der Waals surface area contributed by atoms with Crippen LogP contribution in [-0.4, -0.2) is 10.7 Å². The van der Waals surface area contributed by atoms with Crippen molar-refractivity contribution in [1.29, 1.82) is 0 Å². The lowest BCUT2D eigenvalue weighted by molar-refractivity contribution is -0.0190. The van der Waals surface area contributed by atoms with Gasteiger partial charge in [0.15, 0.2) is 0 Å². The highest BCUT2D eigenvalue weighted by Crippen LogP contribution is 2.48. The van der Waals surface area contributed by atoms with E-state index in [4.69, 9.17) is 21.4 Å². The molecule has 6 heteroatoms. The minimum Gasteiger partial charge on any atom is -0.464 e. The lowest BCUT2D eigenvalue weighted by Gasteiger charge is -2.38. The van der Waals surface area contributed by atoms with Gasteiger partial charge in [0.2, 0.25) is 6.23 Å². The van der Waals surface area contributed by atoms with Gasteiger partial charge in [0.05, 0.1) is 11.8 Å². The van der Waals surface area contributed by atoms with E-state index >= 15 is 0 Å². The van der Waals surface area contributed by atoms with Crippen molar-refractivity contribution in [3.63, 3.8) is 0 Å². The summed E-state index contributed by atoms with van der Waals surface area (Å²) in [5.74, 6) is 0.510. The molecule has 0 radical (unpaired) electrons. The van der Waals surface area contributed by atoms with Crippen molar-refractivity contribution in [2.75, 3.05) is 0 Å². The number of halogens is 3. The molecule has 3 aromatic carbocycles. The van der Waals surface area contributed by atoms with Crippen LogP contribution in [0, 0.1) is 5.82 Å². The predicted octanol–water partition coefficient (Wildman–Crippen LogP) is 6.48. The molecule has 0 fully saturated rings. The Morgan fingerprint density at radius 3 is 2.54 bits per heavy atom. The second kappa shape index (κ2) is 6.90. The summed E-state index contributed by atoms with van der Waals surface area (Å²) in [5.41, 5.74) is 3.93. The molecule has 0 unspecified atom stereocenters. The molecule has 0 aromatic heterocycles. The molecule has 0 spiro atoms. The number of ether oxygens (including phenoxy) is 1. The quantitative estimate of drug-likeness (QED) is 0.440. The highest BCUT2D eigenvalue weighted by Gasteiger charge is 2.41. The van der Waals surface area contributed by atoms with Crippen molar-refractivity contribution in [2.45, 2.75) is 18.7 Å². The van der Waals surface area contributed by atoms with E-state index in [1.54, 1.807) is 12.1 Å². The molecule has 0 amide bonds. The summed E-state index contributed by atoms with van der Waals surface area (Å²) in [4.78, 5) is 0. The van der Waals surface area contributed by atoms with Gasteiger partial charge in [-0.25, -0.2) is 9.40 Å². The number of fused-ring (bicyclic) bond motifs is 3. The fourth-order valence-corrected chi connectivity index (χ4v) is 4.17. The van der Waals surface area contributed by atoms with Gasteiger partial charge in [-0.05, 0) is 48.0 Å². The lowest BCUT2D eigenvalue weighted by Crippen LogP contribution is -2.33. The van der Waals surface area contributed by atoms with Crippen LogP contribution in [-0.2, 0) is 0 Å². The molecule has 140 valence electrons. The van der Waals surface area contributed by atoms with Crippen LogP contribution < -0.4 is 4.74 Å². The number of hydrogen-bond donors (Lipinski definition) is 0. The predicted molar refractivity (Wildman–Crippen MR) is 111 cm³/mol. The molecule has 0 bridgehead atoms. The number of nitrogens with zero attached hydrogens (tertiary/aromatic N) is 2. The van der Waals surface area contributed by atoms with E-state index in [0.717, 1.165) is 39.0 Å². The van der Waals surface area contributed by atoms with E-state index in [9.17, 15) is 4.39 Å². The maximum absolute atomic E-state index is 13.4. The summed E-state index contributed by atoms with van der Waals surface area (Å²) in [6.45, 7) is 0. The van der Waals surface area contributed by atoms with Gasteiger partial charge in [0.1, 0.15) is 11.6 Å². The zero-order valence-electron chi connectivity index (χ0n) is 14.6. The highest BCUT2D eigenvalue weighted by atomic mass is 79.9. The van der Waals surface area contributed by atoms with Crippen molar-refractivity contribution >= 4 is 33.2 Å². The Kier molecular flexibility index (Phi) is 4.37. The van der Waals surface area contributed by atoms with Gasteiger partial charge >= 0.3 is 0 Å². The Balaban J connectivity index is 1.59. The number of rotatable bonds is 2. The first kappa shape index (κ1) is 17.7. The Hall–Kier alpha value is -2.37. The molecule has 2 aliphatic heterocycles. The molecule has 2 aliphatic rings. The number of hydrogen-bond acceptors (Lipinski definition) is 3. The molecule has 0 saturated heterocycles. The smallest absolute Gasteiger partial charge is 0.213 e. The van der Waals surface area contributed by atoms with Gasteiger partial charge in [-0.1, -0.05) is 51.8 Å². The summed E-state index contributed by atoms with van der Waals surface area (Å²) in [5, 5.41) is 7.52. The lowest BCUT2D eigenvalue weighted by atomic mass is 9.96. The molecule has 0 N–H and O–H groups in total. The van der Waals surface area contributed by atoms with E-state index in [0.29, 0.717) is 5.02 Å². The topological polar surface area (TPSA) is 24.8 Å². The van der Waals surface area contributed by atoms with Gasteiger partial charge in [0.25, 0.3) is 0 Å². The molecule has 0 saturated carbocycles. The van der Waals surface area contributed by atoms with E-state index in [2.05, 4.69) is 15.9 Å². The molecule has 5 rings (SSSR count). The maximum Gasteiger partial charge on any atom is 0.213 e. The van der Waals surface area contributed by atoms with Gasteiger partial charge in [-0.15, -0.1) is 0 Å². The largest absolute Gasteiger partial charge is 0.464 e. The number of hydrazone groups is 1. The van der Waals surface area contributed by atoms with E-state index in [1.165, 1.54) is 12.1 Å². The van der Waals surface area contributed by atoms with Gasteiger partial charge < -0.3 is 4.74 Å². The zero-order valence-corrected chi connectivity index (χ0v) is 17.0. The SMILES string of the molecule is Fc1ccc([C@H]2Oc3ccc(Cl)cc3[C@@H]3CC(c4ccc(Br)cc4)=NN23)cc1. The van der Waals surface area contributed by atoms with Crippen LogP contribution in [0.15, 0.2) is 76.3 Å². The first-order chi connectivity index (χ1) is 13.6. The Morgan fingerprint density at radius 1 is 1.04 bits per heavy atom. The number of benzene rings is 3. The molecule has 2 atom stereocenters. The van der Waals surface area contributed by atoms with Gasteiger partial charge in [-0.3, -0.25) is 0 Å². The average molecular weight is 458 g/mol. The summed E-state index contributed by atoms with van der Waals surface area (Å²) in [6.07, 6.45) is 0.322. The standard InChI is InChI=1S/C22H15BrClFN2O/c23-15-5-1-13(2-6-15)19-12-20-18-11-16(24)7-10-21(18)28-22(27(20)26-19)14-3-8-17(25)9-4-14/h1-11,20,22H,12H2/t20-,22+/m0/s1. The van der Waals surface area contributed by atoms with Crippen molar-refractivity contribution in [3.05, 3.63) is 98.7 Å². The van der Waals surface area contributed by atoms with Gasteiger partial charge in [-0.2, -0.15) is 5.10 Å². The first-order valence-electron chi connectivity index (χ1n) is 8.92. The summed E-state index contributed by atoms with van der Waals surface area (Å²) >= 11 is 9.73. The van der Waals surface area contributed by atoms with Gasteiger partial charge in [0, 0.05) is 27.0 Å². The van der Waals surface area contributed by atoms with E-state index in [-0.39, 0.29) is 11.9 Å². The Labute approximate surface area is 175 Å². The van der Waals surface area contributed by atoms with E-state index in [1.807, 2.05) is 47.5 Å². The van der Waals surface area contributed by atoms with Crippen molar-refractivity contribution < 1.29 is 9.13 Å². The zero-order chi connectivity index (χ0) is 19.3. The minimum atomic E-state index is -0.424. The van der Waals surface area contributed by atoms with Crippen molar-refractivity contribution in [3.8, 4) is 5.75 Å². The second-order valence-corrected chi connectivity index (χ2v) is 8.21. The van der Waals surface area contributed by atoms with E-state index < -0.39 is 6.23 Å². The molecule has 28 heavy (non-hydrogen) atoms. The van der Waals surface area contributed by atoms with Crippen LogP contribution in [0.1, 0.15) is 35.4 Å². The first-order valence-corrected chi connectivity index (χ1v) is 10.1. The minimum absolute atomic E-state index is 0.0103. The molecule has 2 heterocycles. The fraction of sp³-hybridized carbons (Fsp3) is 0.136. The molecular weight excluding hydrogens is 443 g/mol. The van der Waals surface area contributed by atoms with Crippen molar-refractivity contribution in [2.24, 2.45) is 5.10 Å². The summed E-state index contributed by atoms with van der Waals surface area (Å²) in [6, 6.07) is 20.2. The average Bonchev–Trinajstić information content (AvgIpc) is 3.14. The van der Waals surface area contributed by atoms with Crippen molar-refractivity contribution in [1.82, 2.24) is 5.01 Å². The van der Waals surface area contributed by atoms with Crippen LogP contribution >= 0.6 is 27.5 Å². The fourth-order valence-electron chi connectivity index (χ4n) is 3.72. The third-order valence-corrected chi connectivity index (χ3v) is 5.85. The summed E-state index contributed by atoms with van der Waals surface area (Å²) in [7, 11) is 0. The maximum atomic E-state index is 13.4. The Morgan fingerprint density at radius 2 is 1.79 bits per heavy atom. The normalized spacial score (nSPS) is 20.2. The molecule has 0 aliphatic carbocycles. The third kappa shape index (κ3) is 3.09. The summed E-state index contributed by atoms with van der Waals surface area (Å²) < 4.78 is 20.7. The van der Waals surface area contributed by atoms with Crippen LogP contribution in [0.25, 0.3) is 0 Å². The van der Waals surface area contributed by atoms with Crippen LogP contribution in [0.2, 0.25) is 5.02 Å². The third-order valence-electron chi connectivity index (χ3n) is 5.08. The molecule has 3 nitrogen and oxygen atoms in total.